The number of aryl methyl sites for hydroxylation is 1. The summed E-state index contributed by atoms with van der Waals surface area (Å²) in [6, 6.07) is 5.89. The van der Waals surface area contributed by atoms with Crippen molar-refractivity contribution in [2.24, 2.45) is 5.92 Å². The van der Waals surface area contributed by atoms with Crippen molar-refractivity contribution in [3.8, 4) is 11.4 Å². The van der Waals surface area contributed by atoms with E-state index in [1.54, 1.807) is 17.0 Å². The Morgan fingerprint density at radius 3 is 2.92 bits per heavy atom. The lowest BCUT2D eigenvalue weighted by molar-refractivity contribution is -0.131. The highest BCUT2D eigenvalue weighted by Crippen LogP contribution is 2.14. The van der Waals surface area contributed by atoms with Gasteiger partial charge in [0.2, 0.25) is 11.7 Å². The van der Waals surface area contributed by atoms with Crippen molar-refractivity contribution < 1.29 is 19.0 Å². The van der Waals surface area contributed by atoms with Gasteiger partial charge in [0.05, 0.1) is 19.8 Å². The van der Waals surface area contributed by atoms with E-state index in [4.69, 9.17) is 4.74 Å². The van der Waals surface area contributed by atoms with Crippen molar-refractivity contribution in [3.63, 3.8) is 0 Å². The molecule has 0 aliphatic carbocycles. The second-order valence-electron chi connectivity index (χ2n) is 6.28. The summed E-state index contributed by atoms with van der Waals surface area (Å²) in [6.07, 6.45) is 0.949. The molecule has 0 bridgehead atoms. The average Bonchev–Trinajstić information content (AvgIpc) is 2.98. The van der Waals surface area contributed by atoms with Gasteiger partial charge in [-0.15, -0.1) is 10.2 Å². The summed E-state index contributed by atoms with van der Waals surface area (Å²) in [4.78, 5) is 15.5. The van der Waals surface area contributed by atoms with E-state index in [-0.39, 0.29) is 24.2 Å². The Bertz CT molecular complexity index is 721. The molecular weight excluding hydrogens is 341 g/mol. The summed E-state index contributed by atoms with van der Waals surface area (Å²) in [5.74, 6) is 0.110. The monoisotopic (exact) mass is 363 g/mol. The molecule has 1 saturated heterocycles. The van der Waals surface area contributed by atoms with Crippen molar-refractivity contribution in [3.05, 3.63) is 30.1 Å². The molecule has 0 radical (unpaired) electrons. The zero-order valence-electron chi connectivity index (χ0n) is 14.4. The van der Waals surface area contributed by atoms with E-state index in [1.807, 2.05) is 0 Å². The molecule has 1 aliphatic heterocycles. The molecular formula is C17H22FN5O3. The first kappa shape index (κ1) is 18.4. The van der Waals surface area contributed by atoms with Gasteiger partial charge in [0.1, 0.15) is 5.82 Å². The lowest BCUT2D eigenvalue weighted by Crippen LogP contribution is -2.36. The predicted molar refractivity (Wildman–Crippen MR) is 90.4 cm³/mol. The number of carbonyl (C=O) groups excluding carboxylic acids is 1. The van der Waals surface area contributed by atoms with Gasteiger partial charge in [-0.3, -0.25) is 4.79 Å². The van der Waals surface area contributed by atoms with E-state index in [0.29, 0.717) is 57.1 Å². The zero-order valence-corrected chi connectivity index (χ0v) is 14.4. The molecule has 1 atom stereocenters. The summed E-state index contributed by atoms with van der Waals surface area (Å²) < 4.78 is 18.4. The molecule has 0 saturated carbocycles. The normalized spacial score (nSPS) is 17.9. The van der Waals surface area contributed by atoms with E-state index in [0.717, 1.165) is 0 Å². The molecule has 1 fully saturated rings. The number of amides is 1. The van der Waals surface area contributed by atoms with Crippen LogP contribution in [0.25, 0.3) is 11.4 Å². The number of aliphatic hydroxyl groups excluding tert-OH is 1. The first-order chi connectivity index (χ1) is 12.7. The van der Waals surface area contributed by atoms with Gasteiger partial charge in [-0.1, -0.05) is 0 Å². The average molecular weight is 363 g/mol. The van der Waals surface area contributed by atoms with Gasteiger partial charge in [-0.2, -0.15) is 4.80 Å². The number of tetrazole rings is 1. The molecule has 8 nitrogen and oxygen atoms in total. The van der Waals surface area contributed by atoms with Gasteiger partial charge in [-0.05, 0) is 35.9 Å². The Kier molecular flexibility index (Phi) is 6.24. The fourth-order valence-corrected chi connectivity index (χ4v) is 2.80. The summed E-state index contributed by atoms with van der Waals surface area (Å²) in [7, 11) is 0. The highest BCUT2D eigenvalue weighted by molar-refractivity contribution is 5.76. The Morgan fingerprint density at radius 1 is 1.35 bits per heavy atom. The Labute approximate surface area is 150 Å². The molecule has 1 aromatic heterocycles. The van der Waals surface area contributed by atoms with Gasteiger partial charge >= 0.3 is 0 Å². The van der Waals surface area contributed by atoms with Crippen molar-refractivity contribution in [1.82, 2.24) is 25.1 Å². The van der Waals surface area contributed by atoms with E-state index < -0.39 is 0 Å². The fourth-order valence-electron chi connectivity index (χ4n) is 2.80. The van der Waals surface area contributed by atoms with Gasteiger partial charge in [0, 0.05) is 37.6 Å². The summed E-state index contributed by atoms with van der Waals surface area (Å²) in [5, 5.41) is 21.5. The van der Waals surface area contributed by atoms with Gasteiger partial charge in [0.25, 0.3) is 0 Å². The predicted octanol–water partition coefficient (Wildman–Crippen LogP) is 0.727. The van der Waals surface area contributed by atoms with Crippen LogP contribution in [0.15, 0.2) is 24.3 Å². The number of hydrogen-bond donors (Lipinski definition) is 1. The smallest absolute Gasteiger partial charge is 0.222 e. The largest absolute Gasteiger partial charge is 0.396 e. The summed E-state index contributed by atoms with van der Waals surface area (Å²) in [6.45, 7) is 2.52. The molecule has 1 aromatic carbocycles. The number of nitrogens with zero attached hydrogens (tertiary/aromatic N) is 5. The van der Waals surface area contributed by atoms with Crippen LogP contribution in [0.2, 0.25) is 0 Å². The number of hydrogen-bond acceptors (Lipinski definition) is 6. The third-order valence-electron chi connectivity index (χ3n) is 4.25. The second-order valence-corrected chi connectivity index (χ2v) is 6.28. The molecule has 9 heteroatoms. The number of ether oxygens (including phenoxy) is 1. The molecule has 1 aliphatic rings. The van der Waals surface area contributed by atoms with Crippen molar-refractivity contribution in [1.29, 1.82) is 0 Å². The maximum atomic E-state index is 13.0. The second kappa shape index (κ2) is 8.81. The van der Waals surface area contributed by atoms with Gasteiger partial charge in [-0.25, -0.2) is 4.39 Å². The number of halogens is 1. The molecule has 0 unspecified atom stereocenters. The molecule has 0 spiro atoms. The van der Waals surface area contributed by atoms with Crippen molar-refractivity contribution in [2.45, 2.75) is 19.4 Å². The fraction of sp³-hybridized carbons (Fsp3) is 0.529. The topological polar surface area (TPSA) is 93.4 Å². The number of carbonyl (C=O) groups is 1. The quantitative estimate of drug-likeness (QED) is 0.813. The number of benzene rings is 1. The van der Waals surface area contributed by atoms with Gasteiger partial charge in [0.15, 0.2) is 0 Å². The van der Waals surface area contributed by atoms with Crippen LogP contribution >= 0.6 is 0 Å². The van der Waals surface area contributed by atoms with Crippen LogP contribution in [-0.2, 0) is 16.1 Å². The molecule has 26 heavy (non-hydrogen) atoms. The highest BCUT2D eigenvalue weighted by Gasteiger charge is 2.21. The first-order valence-corrected chi connectivity index (χ1v) is 8.66. The maximum Gasteiger partial charge on any atom is 0.222 e. The summed E-state index contributed by atoms with van der Waals surface area (Å²) in [5.41, 5.74) is 0.688. The van der Waals surface area contributed by atoms with Crippen LogP contribution in [0.4, 0.5) is 4.39 Å². The van der Waals surface area contributed by atoms with Crippen LogP contribution in [0, 0.1) is 11.7 Å². The molecule has 1 N–H and O–H groups in total. The number of aliphatic hydroxyl groups is 1. The van der Waals surface area contributed by atoms with Crippen LogP contribution in [0.5, 0.6) is 0 Å². The SMILES string of the molecule is O=C(CCCn1nnc(-c2ccc(F)cc2)n1)N1CCOC[C@@H](CO)C1. The highest BCUT2D eigenvalue weighted by atomic mass is 19.1. The molecule has 140 valence electrons. The number of rotatable bonds is 6. The zero-order chi connectivity index (χ0) is 18.4. The Morgan fingerprint density at radius 2 is 2.15 bits per heavy atom. The maximum absolute atomic E-state index is 13.0. The Balaban J connectivity index is 1.48. The molecule has 1 amide bonds. The van der Waals surface area contributed by atoms with Crippen LogP contribution in [0.3, 0.4) is 0 Å². The Hall–Kier alpha value is -2.39. The van der Waals surface area contributed by atoms with E-state index in [9.17, 15) is 14.3 Å². The van der Waals surface area contributed by atoms with Crippen molar-refractivity contribution >= 4 is 5.91 Å². The van der Waals surface area contributed by atoms with Crippen molar-refractivity contribution in [2.75, 3.05) is 32.9 Å². The third-order valence-corrected chi connectivity index (χ3v) is 4.25. The van der Waals surface area contributed by atoms with E-state index in [1.165, 1.54) is 16.9 Å². The van der Waals surface area contributed by atoms with E-state index >= 15 is 0 Å². The number of aromatic nitrogens is 4. The summed E-state index contributed by atoms with van der Waals surface area (Å²) >= 11 is 0. The third kappa shape index (κ3) is 4.83. The standard InChI is InChI=1S/C17H22FN5O3/c18-15-5-3-14(4-6-15)17-19-21-23(20-17)7-1-2-16(25)22-8-9-26-12-13(10-22)11-24/h3-6,13,24H,1-2,7-12H2/t13-/m1/s1. The van der Waals surface area contributed by atoms with Crippen LogP contribution in [-0.4, -0.2) is 69.0 Å². The minimum atomic E-state index is -0.318. The van der Waals surface area contributed by atoms with Crippen LogP contribution < -0.4 is 0 Å². The lowest BCUT2D eigenvalue weighted by atomic mass is 10.1. The molecule has 3 rings (SSSR count). The minimum Gasteiger partial charge on any atom is -0.396 e. The lowest BCUT2D eigenvalue weighted by Gasteiger charge is -2.22. The van der Waals surface area contributed by atoms with Crippen LogP contribution in [0.1, 0.15) is 12.8 Å². The molecule has 2 heterocycles. The minimum absolute atomic E-state index is 0.0127. The van der Waals surface area contributed by atoms with Gasteiger partial charge < -0.3 is 14.7 Å². The van der Waals surface area contributed by atoms with E-state index in [2.05, 4.69) is 15.4 Å². The first-order valence-electron chi connectivity index (χ1n) is 8.66. The molecule has 2 aromatic rings.